The average molecular weight is 251 g/mol. The molecule has 100 valence electrons. The summed E-state index contributed by atoms with van der Waals surface area (Å²) in [7, 11) is 0. The Morgan fingerprint density at radius 1 is 1.39 bits per heavy atom. The van der Waals surface area contributed by atoms with Crippen LogP contribution in [0, 0.1) is 0 Å². The van der Waals surface area contributed by atoms with E-state index < -0.39 is 12.2 Å². The molecule has 4 heteroatoms. The topological polar surface area (TPSA) is 58.6 Å². The highest BCUT2D eigenvalue weighted by atomic mass is 16.5. The van der Waals surface area contributed by atoms with Crippen molar-refractivity contribution in [2.75, 3.05) is 6.54 Å². The Kier molecular flexibility index (Phi) is 5.65. The minimum Gasteiger partial charge on any atom is -0.481 e. The molecule has 1 rings (SSSR count). The molecule has 0 bridgehead atoms. The summed E-state index contributed by atoms with van der Waals surface area (Å²) in [6.07, 6.45) is -0.534. The fourth-order valence-corrected chi connectivity index (χ4v) is 1.64. The van der Waals surface area contributed by atoms with E-state index in [9.17, 15) is 9.90 Å². The molecule has 1 unspecified atom stereocenters. The molecule has 0 fully saturated rings. The van der Waals surface area contributed by atoms with Crippen molar-refractivity contribution in [3.63, 3.8) is 0 Å². The SMILES string of the molecule is CCNC(=O)C(C)Oc1ccccc1[C@H](O)CC. The predicted molar refractivity (Wildman–Crippen MR) is 70.5 cm³/mol. The number of carbonyl (C=O) groups excluding carboxylic acids is 1. The van der Waals surface area contributed by atoms with E-state index in [1.165, 1.54) is 0 Å². The largest absolute Gasteiger partial charge is 0.481 e. The maximum absolute atomic E-state index is 11.6. The van der Waals surface area contributed by atoms with E-state index in [0.29, 0.717) is 18.7 Å². The molecule has 18 heavy (non-hydrogen) atoms. The Bertz CT molecular complexity index is 392. The highest BCUT2D eigenvalue weighted by Crippen LogP contribution is 2.27. The van der Waals surface area contributed by atoms with Gasteiger partial charge in [-0.3, -0.25) is 4.79 Å². The molecule has 2 N–H and O–H groups in total. The van der Waals surface area contributed by atoms with Crippen molar-refractivity contribution >= 4 is 5.91 Å². The predicted octanol–water partition coefficient (Wildman–Crippen LogP) is 2.03. The van der Waals surface area contributed by atoms with Crippen LogP contribution in [0.5, 0.6) is 5.75 Å². The molecule has 0 aliphatic rings. The second kappa shape index (κ2) is 7.01. The number of carbonyl (C=O) groups is 1. The third-order valence-corrected chi connectivity index (χ3v) is 2.69. The van der Waals surface area contributed by atoms with Gasteiger partial charge in [0.25, 0.3) is 5.91 Å². The van der Waals surface area contributed by atoms with Crippen molar-refractivity contribution in [2.24, 2.45) is 0 Å². The highest BCUT2D eigenvalue weighted by Gasteiger charge is 2.17. The Balaban J connectivity index is 2.80. The van der Waals surface area contributed by atoms with Gasteiger partial charge in [-0.25, -0.2) is 0 Å². The molecule has 0 aromatic heterocycles. The number of benzene rings is 1. The molecule has 1 aromatic carbocycles. The summed E-state index contributed by atoms with van der Waals surface area (Å²) in [5, 5.41) is 12.6. The zero-order chi connectivity index (χ0) is 13.5. The lowest BCUT2D eigenvalue weighted by Gasteiger charge is -2.18. The molecular weight excluding hydrogens is 230 g/mol. The van der Waals surface area contributed by atoms with E-state index >= 15 is 0 Å². The number of nitrogens with one attached hydrogen (secondary N) is 1. The fraction of sp³-hybridized carbons (Fsp3) is 0.500. The number of rotatable bonds is 6. The lowest BCUT2D eigenvalue weighted by atomic mass is 10.1. The van der Waals surface area contributed by atoms with E-state index in [-0.39, 0.29) is 5.91 Å². The number of aliphatic hydroxyl groups excluding tert-OH is 1. The first kappa shape index (κ1) is 14.5. The quantitative estimate of drug-likeness (QED) is 0.813. The number of hydrogen-bond donors (Lipinski definition) is 2. The van der Waals surface area contributed by atoms with Crippen LogP contribution >= 0.6 is 0 Å². The first-order valence-electron chi connectivity index (χ1n) is 6.31. The number of amides is 1. The molecule has 0 saturated heterocycles. The number of aliphatic hydroxyl groups is 1. The van der Waals surface area contributed by atoms with Crippen LogP contribution in [-0.2, 0) is 4.79 Å². The Morgan fingerprint density at radius 3 is 2.67 bits per heavy atom. The number of ether oxygens (including phenoxy) is 1. The smallest absolute Gasteiger partial charge is 0.260 e. The summed E-state index contributed by atoms with van der Waals surface area (Å²) in [6, 6.07) is 7.25. The van der Waals surface area contributed by atoms with Gasteiger partial charge in [0.05, 0.1) is 6.10 Å². The summed E-state index contributed by atoms with van der Waals surface area (Å²) < 4.78 is 5.61. The zero-order valence-electron chi connectivity index (χ0n) is 11.1. The molecule has 4 nitrogen and oxygen atoms in total. The van der Waals surface area contributed by atoms with Crippen LogP contribution in [0.4, 0.5) is 0 Å². The van der Waals surface area contributed by atoms with Crippen molar-refractivity contribution < 1.29 is 14.6 Å². The molecule has 0 aliphatic heterocycles. The van der Waals surface area contributed by atoms with Gasteiger partial charge in [-0.05, 0) is 26.3 Å². The van der Waals surface area contributed by atoms with E-state index in [2.05, 4.69) is 5.32 Å². The normalized spacial score (nSPS) is 13.8. The minimum absolute atomic E-state index is 0.154. The summed E-state index contributed by atoms with van der Waals surface area (Å²) >= 11 is 0. The van der Waals surface area contributed by atoms with Crippen LogP contribution in [0.15, 0.2) is 24.3 Å². The van der Waals surface area contributed by atoms with Gasteiger partial charge in [0.2, 0.25) is 0 Å². The lowest BCUT2D eigenvalue weighted by molar-refractivity contribution is -0.127. The molecule has 1 aromatic rings. The van der Waals surface area contributed by atoms with Crippen LogP contribution in [-0.4, -0.2) is 23.7 Å². The summed E-state index contributed by atoms with van der Waals surface area (Å²) in [5.41, 5.74) is 0.719. The van der Waals surface area contributed by atoms with Crippen molar-refractivity contribution in [1.82, 2.24) is 5.32 Å². The number of hydrogen-bond acceptors (Lipinski definition) is 3. The third-order valence-electron chi connectivity index (χ3n) is 2.69. The fourth-order valence-electron chi connectivity index (χ4n) is 1.64. The lowest BCUT2D eigenvalue weighted by Crippen LogP contribution is -2.36. The van der Waals surface area contributed by atoms with Crippen LogP contribution in [0.3, 0.4) is 0 Å². The van der Waals surface area contributed by atoms with Crippen LogP contribution in [0.1, 0.15) is 38.9 Å². The van der Waals surface area contributed by atoms with Gasteiger partial charge in [0.15, 0.2) is 6.10 Å². The first-order chi connectivity index (χ1) is 8.60. The van der Waals surface area contributed by atoms with Crippen molar-refractivity contribution in [2.45, 2.75) is 39.4 Å². The van der Waals surface area contributed by atoms with Gasteiger partial charge < -0.3 is 15.2 Å². The summed E-state index contributed by atoms with van der Waals surface area (Å²) in [6.45, 7) is 6.03. The van der Waals surface area contributed by atoms with E-state index in [1.807, 2.05) is 32.0 Å². The minimum atomic E-state index is -0.574. The van der Waals surface area contributed by atoms with Crippen LogP contribution in [0.25, 0.3) is 0 Å². The second-order valence-electron chi connectivity index (χ2n) is 4.12. The molecule has 0 radical (unpaired) electrons. The average Bonchev–Trinajstić information content (AvgIpc) is 2.38. The highest BCUT2D eigenvalue weighted by molar-refractivity contribution is 5.80. The second-order valence-corrected chi connectivity index (χ2v) is 4.12. The van der Waals surface area contributed by atoms with Crippen LogP contribution < -0.4 is 10.1 Å². The molecule has 2 atom stereocenters. The van der Waals surface area contributed by atoms with Gasteiger partial charge in [-0.1, -0.05) is 25.1 Å². The Hall–Kier alpha value is -1.55. The van der Waals surface area contributed by atoms with E-state index in [1.54, 1.807) is 13.0 Å². The Morgan fingerprint density at radius 2 is 2.06 bits per heavy atom. The molecular formula is C14H21NO3. The molecule has 1 amide bonds. The maximum atomic E-state index is 11.6. The van der Waals surface area contributed by atoms with Crippen molar-refractivity contribution in [1.29, 1.82) is 0 Å². The molecule has 0 saturated carbocycles. The Labute approximate surface area is 108 Å². The van der Waals surface area contributed by atoms with E-state index in [0.717, 1.165) is 5.56 Å². The standard InChI is InChI=1S/C14H21NO3/c1-4-12(16)11-8-6-7-9-13(11)18-10(3)14(17)15-5-2/h6-10,12,16H,4-5H2,1-3H3,(H,15,17)/t10?,12-/m1/s1. The monoisotopic (exact) mass is 251 g/mol. The van der Waals surface area contributed by atoms with Gasteiger partial charge >= 0.3 is 0 Å². The van der Waals surface area contributed by atoms with Gasteiger partial charge in [-0.15, -0.1) is 0 Å². The molecule has 0 spiro atoms. The number of para-hydroxylation sites is 1. The van der Waals surface area contributed by atoms with Crippen molar-refractivity contribution in [3.05, 3.63) is 29.8 Å². The third kappa shape index (κ3) is 3.74. The summed E-state index contributed by atoms with van der Waals surface area (Å²) in [5.74, 6) is 0.406. The first-order valence-corrected chi connectivity index (χ1v) is 6.31. The van der Waals surface area contributed by atoms with Gasteiger partial charge in [-0.2, -0.15) is 0 Å². The summed E-state index contributed by atoms with van der Waals surface area (Å²) in [4.78, 5) is 11.6. The van der Waals surface area contributed by atoms with Gasteiger partial charge in [0.1, 0.15) is 5.75 Å². The molecule has 0 aliphatic carbocycles. The number of likely N-dealkylation sites (N-methyl/N-ethyl adjacent to an activating group) is 1. The van der Waals surface area contributed by atoms with Crippen LogP contribution in [0.2, 0.25) is 0 Å². The molecule has 0 heterocycles. The maximum Gasteiger partial charge on any atom is 0.260 e. The van der Waals surface area contributed by atoms with E-state index in [4.69, 9.17) is 4.74 Å². The zero-order valence-corrected chi connectivity index (χ0v) is 11.1. The van der Waals surface area contributed by atoms with Crippen molar-refractivity contribution in [3.8, 4) is 5.75 Å². The van der Waals surface area contributed by atoms with Gasteiger partial charge in [0, 0.05) is 12.1 Å².